The molecule has 1 aliphatic rings. The number of nitrogens with zero attached hydrogens (tertiary/aromatic N) is 1. The van der Waals surface area contributed by atoms with E-state index >= 15 is 0 Å². The van der Waals surface area contributed by atoms with Crippen molar-refractivity contribution in [2.24, 2.45) is 10.8 Å². The number of aliphatic hydroxyl groups is 2. The molecule has 0 fully saturated rings. The molecule has 0 aliphatic carbocycles. The smallest absolute Gasteiger partial charge is 0.164 e. The van der Waals surface area contributed by atoms with Gasteiger partial charge in [-0.05, 0) is 61.8 Å². The summed E-state index contributed by atoms with van der Waals surface area (Å²) in [4.78, 5) is 16.9. The van der Waals surface area contributed by atoms with Crippen LogP contribution < -0.4 is 4.74 Å². The third-order valence-electron chi connectivity index (χ3n) is 10.2. The molecule has 0 spiro atoms. The van der Waals surface area contributed by atoms with Crippen LogP contribution in [0.4, 0.5) is 0 Å². The van der Waals surface area contributed by atoms with Gasteiger partial charge in [-0.3, -0.25) is 9.78 Å². The Morgan fingerprint density at radius 3 is 2.14 bits per heavy atom. The first-order valence-electron chi connectivity index (χ1n) is 17.3. The van der Waals surface area contributed by atoms with Crippen molar-refractivity contribution < 1.29 is 39.8 Å². The van der Waals surface area contributed by atoms with Gasteiger partial charge in [0.05, 0.1) is 5.76 Å². The van der Waals surface area contributed by atoms with E-state index in [1.165, 1.54) is 17.0 Å². The number of fused-ring (bicyclic) bond motifs is 2. The summed E-state index contributed by atoms with van der Waals surface area (Å²) in [6.45, 7) is 24.5. The number of hydrogen-bond donors (Lipinski definition) is 2. The summed E-state index contributed by atoms with van der Waals surface area (Å²) in [7, 11) is 0. The van der Waals surface area contributed by atoms with Crippen molar-refractivity contribution in [3.8, 4) is 17.0 Å². The zero-order chi connectivity index (χ0) is 35.9. The van der Waals surface area contributed by atoms with E-state index in [0.29, 0.717) is 0 Å². The van der Waals surface area contributed by atoms with E-state index in [1.54, 1.807) is 19.2 Å². The number of rotatable bonds is 11. The van der Waals surface area contributed by atoms with Crippen molar-refractivity contribution in [1.82, 2.24) is 4.98 Å². The number of pyridine rings is 1. The molecule has 49 heavy (non-hydrogen) atoms. The first-order chi connectivity index (χ1) is 22.6. The third kappa shape index (κ3) is 9.61. The summed E-state index contributed by atoms with van der Waals surface area (Å²) >= 11 is 0. The minimum absolute atomic E-state index is 0. The number of aromatic nitrogens is 1. The number of hydrogen-bond acceptors (Lipinski definition) is 5. The van der Waals surface area contributed by atoms with E-state index in [9.17, 15) is 15.0 Å². The molecule has 5 nitrogen and oxygen atoms in total. The molecule has 0 saturated carbocycles. The number of benzene rings is 2. The van der Waals surface area contributed by atoms with Crippen LogP contribution in [0.15, 0.2) is 91.1 Å². The summed E-state index contributed by atoms with van der Waals surface area (Å²) in [6, 6.07) is 16.1. The van der Waals surface area contributed by atoms with Crippen molar-refractivity contribution >= 4 is 16.6 Å². The zero-order valence-corrected chi connectivity index (χ0v) is 33.5. The second-order valence-corrected chi connectivity index (χ2v) is 14.4. The molecule has 0 saturated heterocycles. The van der Waals surface area contributed by atoms with E-state index in [2.05, 4.69) is 57.7 Å². The van der Waals surface area contributed by atoms with E-state index in [4.69, 9.17) is 9.72 Å². The number of aliphatic hydroxyl groups excluding tert-OH is 2. The molecule has 2 heterocycles. The first-order valence-corrected chi connectivity index (χ1v) is 17.3. The Labute approximate surface area is 308 Å². The van der Waals surface area contributed by atoms with Crippen molar-refractivity contribution in [1.29, 1.82) is 0 Å². The maximum atomic E-state index is 12.2. The van der Waals surface area contributed by atoms with Crippen LogP contribution >= 0.6 is 0 Å². The summed E-state index contributed by atoms with van der Waals surface area (Å²) in [5, 5.41) is 21.9. The van der Waals surface area contributed by atoms with Gasteiger partial charge in [-0.25, -0.2) is 0 Å². The van der Waals surface area contributed by atoms with Crippen LogP contribution in [-0.2, 0) is 30.3 Å². The summed E-state index contributed by atoms with van der Waals surface area (Å²) < 4.78 is 6.22. The van der Waals surface area contributed by atoms with Crippen molar-refractivity contribution in [3.63, 3.8) is 0 Å². The maximum absolute atomic E-state index is 12.2. The van der Waals surface area contributed by atoms with Crippen molar-refractivity contribution in [2.75, 3.05) is 0 Å². The van der Waals surface area contributed by atoms with Crippen LogP contribution in [0.3, 0.4) is 0 Å². The normalized spacial score (nSPS) is 16.8. The second kappa shape index (κ2) is 17.5. The first kappa shape index (κ1) is 41.7. The van der Waals surface area contributed by atoms with E-state index < -0.39 is 0 Å². The van der Waals surface area contributed by atoms with Crippen LogP contribution in [0, 0.1) is 16.9 Å². The SMILES string of the molecule is C=CC1c2c(ccnc2-c2[c-]c3ccccc3c(C(C)(C)C)c2)OC1/C=C/C=C(/C)O.CCC(C)(CC)C(=O)/C=C(\O)C(C)(CC)CC.[Ir]. The predicted octanol–water partition coefficient (Wildman–Crippen LogP) is 11.7. The number of ether oxygens (including phenoxy) is 1. The van der Waals surface area contributed by atoms with Crippen molar-refractivity contribution in [3.05, 3.63) is 108 Å². The van der Waals surface area contributed by atoms with Gasteiger partial charge in [0, 0.05) is 54.8 Å². The number of allylic oxidation sites excluding steroid dienone is 5. The Morgan fingerprint density at radius 2 is 1.59 bits per heavy atom. The van der Waals surface area contributed by atoms with Gasteiger partial charge in [-0.15, -0.1) is 35.7 Å². The Balaban J connectivity index is 0.000000398. The average Bonchev–Trinajstić information content (AvgIpc) is 3.44. The maximum Gasteiger partial charge on any atom is 0.164 e. The molecular formula is C43H56IrNO4-. The fourth-order valence-electron chi connectivity index (χ4n) is 5.86. The molecule has 1 aromatic heterocycles. The van der Waals surface area contributed by atoms with Crippen LogP contribution in [0.25, 0.3) is 22.0 Å². The number of ketones is 1. The predicted molar refractivity (Wildman–Crippen MR) is 201 cm³/mol. The Morgan fingerprint density at radius 1 is 0.980 bits per heavy atom. The minimum atomic E-state index is -0.337. The fourth-order valence-corrected chi connectivity index (χ4v) is 5.86. The van der Waals surface area contributed by atoms with Gasteiger partial charge >= 0.3 is 0 Å². The average molecular weight is 843 g/mol. The molecule has 3 aromatic rings. The molecule has 2 unspecified atom stereocenters. The van der Waals surface area contributed by atoms with Gasteiger partial charge < -0.3 is 14.9 Å². The monoisotopic (exact) mass is 843 g/mol. The molecule has 1 radical (unpaired) electrons. The zero-order valence-electron chi connectivity index (χ0n) is 31.1. The molecule has 6 heteroatoms. The molecule has 0 bridgehead atoms. The molecule has 4 rings (SSSR count). The molecular weight excluding hydrogens is 787 g/mol. The molecule has 267 valence electrons. The largest absolute Gasteiger partial charge is 0.513 e. The number of carbonyl (C=O) groups is 1. The Hall–Kier alpha value is -3.47. The van der Waals surface area contributed by atoms with Gasteiger partial charge in [0.15, 0.2) is 5.78 Å². The Kier molecular flexibility index (Phi) is 14.9. The fraction of sp³-hybridized carbons (Fsp3) is 0.442. The molecule has 2 N–H and O–H groups in total. The Bertz CT molecular complexity index is 1680. The van der Waals surface area contributed by atoms with Crippen LogP contribution in [0.1, 0.15) is 112 Å². The molecule has 2 aromatic carbocycles. The summed E-state index contributed by atoms with van der Waals surface area (Å²) in [5.74, 6) is 1.31. The second-order valence-electron chi connectivity index (χ2n) is 14.4. The third-order valence-corrected chi connectivity index (χ3v) is 10.2. The van der Waals surface area contributed by atoms with Gasteiger partial charge in [-0.1, -0.05) is 104 Å². The van der Waals surface area contributed by atoms with E-state index in [0.717, 1.165) is 53.6 Å². The molecule has 2 atom stereocenters. The van der Waals surface area contributed by atoms with E-state index in [-0.39, 0.29) is 65.7 Å². The van der Waals surface area contributed by atoms with Crippen LogP contribution in [0.5, 0.6) is 5.75 Å². The summed E-state index contributed by atoms with van der Waals surface area (Å²) in [6.07, 6.45) is 13.7. The van der Waals surface area contributed by atoms with E-state index in [1.807, 2.05) is 71.9 Å². The standard InChI is InChI=1S/C28H28NO2.C15H28O2.Ir/c1-6-21-24(13-9-10-18(2)30)31-25-14-15-29-27(26(21)25)20-16-19-11-7-8-12-22(19)23(17-20)28(3,4)5;1-7-14(5,8-2)12(16)11-13(17)15(6,9-3)10-4;/h6-15,17,21,24,30H,1H2,2-5H3;11,16H,7-10H2,1-6H3;/q-1;;/b13-9+,18-10-;12-11-;. The van der Waals surface area contributed by atoms with Gasteiger partial charge in [-0.2, -0.15) is 0 Å². The topological polar surface area (TPSA) is 79.7 Å². The minimum Gasteiger partial charge on any atom is -0.513 e. The van der Waals surface area contributed by atoms with Crippen LogP contribution in [-0.4, -0.2) is 27.1 Å². The van der Waals surface area contributed by atoms with Crippen LogP contribution in [0.2, 0.25) is 0 Å². The molecule has 0 amide bonds. The quantitative estimate of drug-likeness (QED) is 0.0661. The van der Waals surface area contributed by atoms with Crippen molar-refractivity contribution in [2.45, 2.75) is 112 Å². The van der Waals surface area contributed by atoms with Gasteiger partial charge in [0.2, 0.25) is 0 Å². The van der Waals surface area contributed by atoms with Gasteiger partial charge in [0.1, 0.15) is 17.6 Å². The van der Waals surface area contributed by atoms with Gasteiger partial charge in [0.25, 0.3) is 0 Å². The number of carbonyl (C=O) groups excluding carboxylic acids is 1. The molecule has 1 aliphatic heterocycles. The summed E-state index contributed by atoms with van der Waals surface area (Å²) in [5.41, 5.74) is 3.52.